The molecule has 1 fully saturated rings. The zero-order valence-electron chi connectivity index (χ0n) is 13.8. The summed E-state index contributed by atoms with van der Waals surface area (Å²) >= 11 is 0. The highest BCUT2D eigenvalue weighted by Crippen LogP contribution is 2.25. The van der Waals surface area contributed by atoms with Crippen molar-refractivity contribution in [1.82, 2.24) is 19.7 Å². The maximum absolute atomic E-state index is 12.1. The molecule has 0 saturated carbocycles. The van der Waals surface area contributed by atoms with Crippen LogP contribution in [0, 0.1) is 0 Å². The van der Waals surface area contributed by atoms with Crippen molar-refractivity contribution in [3.8, 4) is 5.75 Å². The molecule has 124 valence electrons. The summed E-state index contributed by atoms with van der Waals surface area (Å²) in [4.78, 5) is 14.4. The number of aryl methyl sites for hydroxylation is 1. The van der Waals surface area contributed by atoms with E-state index in [1.54, 1.807) is 11.7 Å². The van der Waals surface area contributed by atoms with Crippen LogP contribution in [0.3, 0.4) is 0 Å². The van der Waals surface area contributed by atoms with Gasteiger partial charge >= 0.3 is 5.69 Å². The fourth-order valence-electron chi connectivity index (χ4n) is 3.16. The number of nitrogens with one attached hydrogen (secondary N) is 1. The summed E-state index contributed by atoms with van der Waals surface area (Å²) in [5, 5.41) is 6.92. The second-order valence-electron chi connectivity index (χ2n) is 6.21. The van der Waals surface area contributed by atoms with Gasteiger partial charge in [0.25, 0.3) is 0 Å². The number of H-pyrrole nitrogens is 1. The first kappa shape index (κ1) is 15.8. The average Bonchev–Trinajstić information content (AvgIpc) is 2.95. The maximum Gasteiger partial charge on any atom is 0.343 e. The molecule has 2 heterocycles. The van der Waals surface area contributed by atoms with Crippen LogP contribution in [0.1, 0.15) is 30.1 Å². The van der Waals surface area contributed by atoms with E-state index < -0.39 is 0 Å². The number of methoxy groups -OCH3 is 1. The number of hydrogen-bond acceptors (Lipinski definition) is 4. The zero-order valence-corrected chi connectivity index (χ0v) is 13.8. The molecule has 1 aliphatic heterocycles. The van der Waals surface area contributed by atoms with Gasteiger partial charge in [-0.05, 0) is 57.1 Å². The van der Waals surface area contributed by atoms with Crippen LogP contribution in [0.15, 0.2) is 29.1 Å². The van der Waals surface area contributed by atoms with E-state index in [4.69, 9.17) is 4.74 Å². The zero-order chi connectivity index (χ0) is 16.2. The number of rotatable bonds is 5. The van der Waals surface area contributed by atoms with Crippen molar-refractivity contribution in [3.63, 3.8) is 0 Å². The van der Waals surface area contributed by atoms with Gasteiger partial charge in [0.2, 0.25) is 0 Å². The Morgan fingerprint density at radius 3 is 2.61 bits per heavy atom. The van der Waals surface area contributed by atoms with Crippen LogP contribution in [0.2, 0.25) is 0 Å². The number of nitrogens with zero attached hydrogens (tertiary/aromatic N) is 3. The Bertz CT molecular complexity index is 681. The molecule has 23 heavy (non-hydrogen) atoms. The van der Waals surface area contributed by atoms with Gasteiger partial charge < -0.3 is 9.64 Å². The summed E-state index contributed by atoms with van der Waals surface area (Å²) in [6, 6.07) is 7.98. The Hall–Kier alpha value is -2.08. The van der Waals surface area contributed by atoms with Gasteiger partial charge in [0, 0.05) is 12.5 Å². The predicted octanol–water partition coefficient (Wildman–Crippen LogP) is 1.63. The van der Waals surface area contributed by atoms with Gasteiger partial charge in [0.15, 0.2) is 0 Å². The number of aromatic amines is 1. The van der Waals surface area contributed by atoms with Crippen molar-refractivity contribution in [2.24, 2.45) is 0 Å². The molecule has 0 radical (unpaired) electrons. The van der Waals surface area contributed by atoms with Crippen molar-refractivity contribution in [3.05, 3.63) is 46.1 Å². The van der Waals surface area contributed by atoms with Crippen LogP contribution in [-0.4, -0.2) is 46.9 Å². The molecule has 6 heteroatoms. The largest absolute Gasteiger partial charge is 0.497 e. The normalized spacial score (nSPS) is 16.6. The van der Waals surface area contributed by atoms with Crippen LogP contribution in [-0.2, 0) is 13.0 Å². The molecule has 0 spiro atoms. The molecule has 1 aliphatic rings. The van der Waals surface area contributed by atoms with E-state index in [0.29, 0.717) is 12.5 Å². The molecule has 1 N–H and O–H groups in total. The Kier molecular flexibility index (Phi) is 4.81. The van der Waals surface area contributed by atoms with Crippen LogP contribution in [0.4, 0.5) is 0 Å². The fourth-order valence-corrected chi connectivity index (χ4v) is 3.16. The van der Waals surface area contributed by atoms with Crippen molar-refractivity contribution < 1.29 is 4.74 Å². The van der Waals surface area contributed by atoms with Crippen molar-refractivity contribution in [2.75, 3.05) is 27.2 Å². The van der Waals surface area contributed by atoms with Crippen molar-refractivity contribution >= 4 is 0 Å². The highest BCUT2D eigenvalue weighted by molar-refractivity contribution is 5.27. The Morgan fingerprint density at radius 2 is 1.96 bits per heavy atom. The lowest BCUT2D eigenvalue weighted by Gasteiger charge is -2.28. The molecular formula is C17H24N4O2. The van der Waals surface area contributed by atoms with E-state index in [0.717, 1.165) is 43.9 Å². The van der Waals surface area contributed by atoms with Crippen LogP contribution >= 0.6 is 0 Å². The van der Waals surface area contributed by atoms with Crippen LogP contribution < -0.4 is 10.4 Å². The molecule has 0 aliphatic carbocycles. The first-order valence-corrected chi connectivity index (χ1v) is 8.14. The standard InChI is InChI=1S/C17H24N4O2/c1-20-10-8-14(9-11-20)16-18-19-17(22)21(16)12-7-13-3-5-15(23-2)6-4-13/h3-6,14H,7-12H2,1-2H3,(H,19,22). The van der Waals surface area contributed by atoms with Crippen molar-refractivity contribution in [1.29, 1.82) is 0 Å². The molecule has 1 aromatic carbocycles. The highest BCUT2D eigenvalue weighted by atomic mass is 16.5. The van der Waals surface area contributed by atoms with Gasteiger partial charge in [-0.25, -0.2) is 9.89 Å². The topological polar surface area (TPSA) is 63.1 Å². The minimum atomic E-state index is -0.104. The number of benzene rings is 1. The molecular weight excluding hydrogens is 292 g/mol. The van der Waals surface area contributed by atoms with E-state index in [1.807, 2.05) is 24.3 Å². The number of hydrogen-bond donors (Lipinski definition) is 1. The lowest BCUT2D eigenvalue weighted by molar-refractivity contribution is 0.248. The molecule has 1 aromatic heterocycles. The minimum absolute atomic E-state index is 0.104. The maximum atomic E-state index is 12.1. The summed E-state index contributed by atoms with van der Waals surface area (Å²) in [5.74, 6) is 2.14. The third-order valence-corrected chi connectivity index (χ3v) is 4.65. The Morgan fingerprint density at radius 1 is 1.26 bits per heavy atom. The van der Waals surface area contributed by atoms with Crippen molar-refractivity contribution in [2.45, 2.75) is 31.7 Å². The smallest absolute Gasteiger partial charge is 0.343 e. The predicted molar refractivity (Wildman–Crippen MR) is 89.0 cm³/mol. The van der Waals surface area contributed by atoms with Gasteiger partial charge in [-0.1, -0.05) is 12.1 Å². The second-order valence-corrected chi connectivity index (χ2v) is 6.21. The summed E-state index contributed by atoms with van der Waals surface area (Å²) in [7, 11) is 3.80. The van der Waals surface area contributed by atoms with E-state index in [2.05, 4.69) is 22.1 Å². The molecule has 6 nitrogen and oxygen atoms in total. The summed E-state index contributed by atoms with van der Waals surface area (Å²) in [6.45, 7) is 2.78. The number of piperidine rings is 1. The molecule has 0 bridgehead atoms. The summed E-state index contributed by atoms with van der Waals surface area (Å²) in [5.41, 5.74) is 1.08. The summed E-state index contributed by atoms with van der Waals surface area (Å²) < 4.78 is 6.98. The lowest BCUT2D eigenvalue weighted by atomic mass is 9.96. The number of aromatic nitrogens is 3. The van der Waals surface area contributed by atoms with Gasteiger partial charge in [0.05, 0.1) is 7.11 Å². The highest BCUT2D eigenvalue weighted by Gasteiger charge is 2.23. The molecule has 0 unspecified atom stereocenters. The van der Waals surface area contributed by atoms with Gasteiger partial charge in [-0.15, -0.1) is 0 Å². The first-order chi connectivity index (χ1) is 11.2. The molecule has 3 rings (SSSR count). The van der Waals surface area contributed by atoms with E-state index in [9.17, 15) is 4.79 Å². The Balaban J connectivity index is 1.70. The molecule has 1 saturated heterocycles. The average molecular weight is 316 g/mol. The van der Waals surface area contributed by atoms with Crippen LogP contribution in [0.5, 0.6) is 5.75 Å². The minimum Gasteiger partial charge on any atom is -0.497 e. The lowest BCUT2D eigenvalue weighted by Crippen LogP contribution is -2.31. The SMILES string of the molecule is COc1ccc(CCn2c(C3CCN(C)CC3)n[nH]c2=O)cc1. The third kappa shape index (κ3) is 3.64. The monoisotopic (exact) mass is 316 g/mol. The summed E-state index contributed by atoms with van der Waals surface area (Å²) in [6.07, 6.45) is 2.93. The molecule has 2 aromatic rings. The third-order valence-electron chi connectivity index (χ3n) is 4.65. The fraction of sp³-hybridized carbons (Fsp3) is 0.529. The van der Waals surface area contributed by atoms with Gasteiger partial charge in [-0.2, -0.15) is 5.10 Å². The molecule has 0 amide bonds. The quantitative estimate of drug-likeness (QED) is 0.911. The van der Waals surface area contributed by atoms with Gasteiger partial charge in [-0.3, -0.25) is 4.57 Å². The second kappa shape index (κ2) is 7.00. The number of ether oxygens (including phenoxy) is 1. The van der Waals surface area contributed by atoms with E-state index >= 15 is 0 Å². The van der Waals surface area contributed by atoms with Gasteiger partial charge in [0.1, 0.15) is 11.6 Å². The van der Waals surface area contributed by atoms with E-state index in [-0.39, 0.29) is 5.69 Å². The number of likely N-dealkylation sites (tertiary alicyclic amines) is 1. The molecule has 0 atom stereocenters. The Labute approximate surface area is 136 Å². The van der Waals surface area contributed by atoms with Crippen LogP contribution in [0.25, 0.3) is 0 Å². The van der Waals surface area contributed by atoms with E-state index in [1.165, 1.54) is 5.56 Å². The first-order valence-electron chi connectivity index (χ1n) is 8.14.